The molecule has 118 valence electrons. The molecule has 0 aromatic carbocycles. The van der Waals surface area contributed by atoms with Crippen LogP contribution < -0.4 is 4.31 Å². The highest BCUT2D eigenvalue weighted by Gasteiger charge is 2.17. The average Bonchev–Trinajstić information content (AvgIpc) is 2.47. The lowest BCUT2D eigenvalue weighted by Crippen LogP contribution is -2.27. The molecule has 0 radical (unpaired) electrons. The van der Waals surface area contributed by atoms with Crippen molar-refractivity contribution in [3.63, 3.8) is 0 Å². The van der Waals surface area contributed by atoms with E-state index >= 15 is 0 Å². The van der Waals surface area contributed by atoms with Crippen molar-refractivity contribution in [1.82, 2.24) is 15.0 Å². The van der Waals surface area contributed by atoms with Crippen LogP contribution in [-0.4, -0.2) is 36.7 Å². The van der Waals surface area contributed by atoms with Crippen LogP contribution in [0, 0.1) is 0 Å². The van der Waals surface area contributed by atoms with Gasteiger partial charge in [-0.05, 0) is 36.1 Å². The summed E-state index contributed by atoms with van der Waals surface area (Å²) in [6.07, 6.45) is 5.15. The van der Waals surface area contributed by atoms with Crippen LogP contribution >= 0.6 is 23.2 Å². The number of halogens is 2. The van der Waals surface area contributed by atoms with Gasteiger partial charge in [0.1, 0.15) is 5.82 Å². The monoisotopic (exact) mass is 360 g/mol. The molecular formula is C13H14Cl2N4O2S. The molecule has 0 saturated heterocycles. The number of aromatic nitrogens is 3. The summed E-state index contributed by atoms with van der Waals surface area (Å²) in [6.45, 7) is 0. The van der Waals surface area contributed by atoms with Crippen LogP contribution in [0.4, 0.5) is 5.82 Å². The Balaban J connectivity index is 2.26. The van der Waals surface area contributed by atoms with E-state index in [1.807, 2.05) is 6.07 Å². The molecular weight excluding hydrogens is 347 g/mol. The Morgan fingerprint density at radius 1 is 1.23 bits per heavy atom. The number of aryl methyl sites for hydroxylation is 2. The molecule has 2 heterocycles. The molecule has 0 aliphatic carbocycles. The zero-order chi connectivity index (χ0) is 16.3. The molecule has 0 amide bonds. The van der Waals surface area contributed by atoms with Crippen molar-refractivity contribution >= 4 is 39.0 Å². The van der Waals surface area contributed by atoms with E-state index < -0.39 is 10.0 Å². The van der Waals surface area contributed by atoms with Gasteiger partial charge >= 0.3 is 0 Å². The second kappa shape index (κ2) is 6.76. The largest absolute Gasteiger partial charge is 0.257 e. The molecule has 9 heteroatoms. The van der Waals surface area contributed by atoms with Gasteiger partial charge in [0, 0.05) is 13.2 Å². The lowest BCUT2D eigenvalue weighted by Gasteiger charge is -2.18. The van der Waals surface area contributed by atoms with Crippen molar-refractivity contribution in [1.29, 1.82) is 0 Å². The summed E-state index contributed by atoms with van der Waals surface area (Å²) < 4.78 is 24.5. The van der Waals surface area contributed by atoms with Crippen LogP contribution in [0.3, 0.4) is 0 Å². The molecule has 0 atom stereocenters. The van der Waals surface area contributed by atoms with E-state index in [9.17, 15) is 8.42 Å². The predicted octanol–water partition coefficient (Wildman–Crippen LogP) is 2.36. The topological polar surface area (TPSA) is 76.1 Å². The molecule has 6 nitrogen and oxygen atoms in total. The first-order valence-electron chi connectivity index (χ1n) is 6.33. The molecule has 2 rings (SSSR count). The number of sulfonamides is 1. The minimum Gasteiger partial charge on any atom is -0.257 e. The maximum Gasteiger partial charge on any atom is 0.233 e. The van der Waals surface area contributed by atoms with Gasteiger partial charge in [-0.25, -0.2) is 23.4 Å². The zero-order valence-corrected chi connectivity index (χ0v) is 14.3. The lowest BCUT2D eigenvalue weighted by molar-refractivity contribution is 0.599. The summed E-state index contributed by atoms with van der Waals surface area (Å²) >= 11 is 11.8. The second-order valence-electron chi connectivity index (χ2n) is 4.65. The highest BCUT2D eigenvalue weighted by Crippen LogP contribution is 2.22. The molecule has 22 heavy (non-hydrogen) atoms. The van der Waals surface area contributed by atoms with Gasteiger partial charge in [-0.2, -0.15) is 0 Å². The summed E-state index contributed by atoms with van der Waals surface area (Å²) in [7, 11) is -1.91. The minimum absolute atomic E-state index is 0.124. The van der Waals surface area contributed by atoms with Crippen molar-refractivity contribution < 1.29 is 8.42 Å². The fourth-order valence-electron chi connectivity index (χ4n) is 1.87. The van der Waals surface area contributed by atoms with E-state index in [0.717, 1.165) is 16.1 Å². The smallest absolute Gasteiger partial charge is 0.233 e. The Morgan fingerprint density at radius 3 is 2.64 bits per heavy atom. The van der Waals surface area contributed by atoms with Crippen LogP contribution in [0.15, 0.2) is 24.5 Å². The number of hydrogen-bond acceptors (Lipinski definition) is 5. The Morgan fingerprint density at radius 2 is 1.95 bits per heavy atom. The summed E-state index contributed by atoms with van der Waals surface area (Å²) in [4.78, 5) is 12.0. The maximum atomic E-state index is 11.7. The molecule has 2 aromatic rings. The fraction of sp³-hybridized carbons (Fsp3) is 0.308. The predicted molar refractivity (Wildman–Crippen MR) is 86.9 cm³/mol. The van der Waals surface area contributed by atoms with E-state index in [1.165, 1.54) is 13.2 Å². The van der Waals surface area contributed by atoms with E-state index in [-0.39, 0.29) is 5.28 Å². The van der Waals surface area contributed by atoms with Gasteiger partial charge in [0.25, 0.3) is 0 Å². The number of nitrogens with zero attached hydrogens (tertiary/aromatic N) is 4. The number of anilines is 1. The van der Waals surface area contributed by atoms with Gasteiger partial charge in [0.15, 0.2) is 0 Å². The number of rotatable bonds is 5. The normalized spacial score (nSPS) is 11.5. The Bertz CT molecular complexity index is 783. The Hall–Kier alpha value is -1.44. The maximum absolute atomic E-state index is 11.7. The Kier molecular flexibility index (Phi) is 5.20. The van der Waals surface area contributed by atoms with Gasteiger partial charge < -0.3 is 0 Å². The van der Waals surface area contributed by atoms with E-state index in [1.54, 1.807) is 12.3 Å². The molecule has 0 saturated carbocycles. The molecule has 0 fully saturated rings. The van der Waals surface area contributed by atoms with Crippen molar-refractivity contribution in [3.8, 4) is 0 Å². The van der Waals surface area contributed by atoms with Crippen LogP contribution in [0.25, 0.3) is 0 Å². The molecule has 0 unspecified atom stereocenters. The molecule has 0 bridgehead atoms. The van der Waals surface area contributed by atoms with Crippen molar-refractivity contribution in [2.45, 2.75) is 12.8 Å². The Labute approximate surface area is 139 Å². The number of pyridine rings is 1. The zero-order valence-electron chi connectivity index (χ0n) is 12.0. The third-order valence-electron chi connectivity index (χ3n) is 3.08. The lowest BCUT2D eigenvalue weighted by atomic mass is 10.1. The summed E-state index contributed by atoms with van der Waals surface area (Å²) in [5, 5.41) is 0.547. The van der Waals surface area contributed by atoms with Crippen molar-refractivity contribution in [3.05, 3.63) is 46.1 Å². The highest BCUT2D eigenvalue weighted by atomic mass is 35.5. The van der Waals surface area contributed by atoms with E-state index in [0.29, 0.717) is 29.4 Å². The van der Waals surface area contributed by atoms with Crippen LogP contribution in [-0.2, 0) is 22.9 Å². The molecule has 0 aliphatic heterocycles. The van der Waals surface area contributed by atoms with E-state index in [2.05, 4.69) is 15.0 Å². The van der Waals surface area contributed by atoms with Gasteiger partial charge in [-0.3, -0.25) is 4.31 Å². The van der Waals surface area contributed by atoms with Gasteiger partial charge in [-0.15, -0.1) is 0 Å². The van der Waals surface area contributed by atoms with Crippen LogP contribution in [0.2, 0.25) is 10.3 Å². The fourth-order valence-corrected chi connectivity index (χ4v) is 2.69. The average molecular weight is 361 g/mol. The van der Waals surface area contributed by atoms with Gasteiger partial charge in [0.2, 0.25) is 15.3 Å². The molecule has 2 aromatic heterocycles. The molecule has 0 spiro atoms. The van der Waals surface area contributed by atoms with Crippen molar-refractivity contribution in [2.75, 3.05) is 17.6 Å². The summed E-state index contributed by atoms with van der Waals surface area (Å²) in [5.74, 6) is 0.390. The highest BCUT2D eigenvalue weighted by molar-refractivity contribution is 7.92. The second-order valence-corrected chi connectivity index (χ2v) is 7.41. The van der Waals surface area contributed by atoms with Crippen LogP contribution in [0.1, 0.15) is 11.3 Å². The van der Waals surface area contributed by atoms with Crippen molar-refractivity contribution in [2.24, 2.45) is 0 Å². The summed E-state index contributed by atoms with van der Waals surface area (Å²) in [6, 6.07) is 3.57. The first-order chi connectivity index (χ1) is 10.3. The standard InChI is InChI=1S/C13H14Cl2N4O2S/c1-19(22(2,20)21)12-9(4-3-7-16-12)5-6-11-10(14)8-17-13(15)18-11/h3-4,7-8H,5-6H2,1-2H3. The molecule has 0 aliphatic rings. The minimum atomic E-state index is -3.38. The third kappa shape index (κ3) is 4.06. The molecule has 0 N–H and O–H groups in total. The van der Waals surface area contributed by atoms with Gasteiger partial charge in [-0.1, -0.05) is 17.7 Å². The number of hydrogen-bond donors (Lipinski definition) is 0. The quantitative estimate of drug-likeness (QED) is 0.765. The first kappa shape index (κ1) is 16.9. The third-order valence-corrected chi connectivity index (χ3v) is 4.75. The SMILES string of the molecule is CN(c1ncccc1CCc1nc(Cl)ncc1Cl)S(C)(=O)=O. The first-order valence-corrected chi connectivity index (χ1v) is 8.94. The van der Waals surface area contributed by atoms with Gasteiger partial charge in [0.05, 0.1) is 23.2 Å². The van der Waals surface area contributed by atoms with Crippen LogP contribution in [0.5, 0.6) is 0 Å². The summed E-state index contributed by atoms with van der Waals surface area (Å²) in [5.41, 5.74) is 1.39. The van der Waals surface area contributed by atoms with E-state index in [4.69, 9.17) is 23.2 Å².